The first-order chi connectivity index (χ1) is 12.3. The summed E-state index contributed by atoms with van der Waals surface area (Å²) in [5.74, 6) is 0.851. The summed E-state index contributed by atoms with van der Waals surface area (Å²) in [4.78, 5) is 6.08. The molecule has 0 amide bonds. The summed E-state index contributed by atoms with van der Waals surface area (Å²) in [6.45, 7) is 4.43. The van der Waals surface area contributed by atoms with Gasteiger partial charge in [-0.05, 0) is 48.6 Å². The molecule has 0 fully saturated rings. The Hall–Kier alpha value is -1.87. The lowest BCUT2D eigenvalue weighted by atomic mass is 10.2. The molecule has 0 atom stereocenters. The van der Waals surface area contributed by atoms with Gasteiger partial charge >= 0.3 is 0 Å². The minimum absolute atomic E-state index is 0. The summed E-state index contributed by atoms with van der Waals surface area (Å²) in [6.07, 6.45) is 4.74. The summed E-state index contributed by atoms with van der Waals surface area (Å²) in [7, 11) is 0. The molecule has 0 saturated carbocycles. The molecule has 3 rings (SSSR count). The first kappa shape index (κ1) is 20.4. The van der Waals surface area contributed by atoms with Crippen molar-refractivity contribution in [2.75, 3.05) is 13.1 Å². The highest BCUT2D eigenvalue weighted by Gasteiger charge is 2.01. The van der Waals surface area contributed by atoms with Gasteiger partial charge in [-0.15, -0.1) is 35.3 Å². The number of aliphatic imine (C=N–C) groups is 1. The molecule has 0 aliphatic heterocycles. The van der Waals surface area contributed by atoms with E-state index in [0.29, 0.717) is 6.54 Å². The van der Waals surface area contributed by atoms with E-state index in [1.54, 1.807) is 17.5 Å². The van der Waals surface area contributed by atoms with Gasteiger partial charge in [0.15, 0.2) is 5.96 Å². The number of halogens is 1. The van der Waals surface area contributed by atoms with Crippen molar-refractivity contribution in [1.82, 2.24) is 20.4 Å². The van der Waals surface area contributed by atoms with Gasteiger partial charge in [0.25, 0.3) is 0 Å². The van der Waals surface area contributed by atoms with Crippen LogP contribution in [0.3, 0.4) is 0 Å². The van der Waals surface area contributed by atoms with Crippen molar-refractivity contribution in [2.45, 2.75) is 19.9 Å². The second-order valence-electron chi connectivity index (χ2n) is 5.57. The Balaban J connectivity index is 0.00000243. The Morgan fingerprint density at radius 1 is 1.19 bits per heavy atom. The Kier molecular flexibility index (Phi) is 8.63. The van der Waals surface area contributed by atoms with Crippen molar-refractivity contribution in [2.24, 2.45) is 4.99 Å². The number of guanidine groups is 1. The molecule has 0 bridgehead atoms. The zero-order valence-electron chi connectivity index (χ0n) is 14.8. The fraction of sp³-hybridized carbons (Fsp3) is 0.263. The van der Waals surface area contributed by atoms with Crippen LogP contribution in [0.15, 0.2) is 65.2 Å². The van der Waals surface area contributed by atoms with Crippen molar-refractivity contribution in [3.8, 4) is 5.69 Å². The maximum absolute atomic E-state index is 4.69. The summed E-state index contributed by atoms with van der Waals surface area (Å²) >= 11 is 1.79. The fourth-order valence-electron chi connectivity index (χ4n) is 2.49. The minimum Gasteiger partial charge on any atom is -0.357 e. The zero-order valence-corrected chi connectivity index (χ0v) is 17.9. The monoisotopic (exact) mass is 481 g/mol. The molecule has 1 aromatic carbocycles. The first-order valence-corrected chi connectivity index (χ1v) is 9.36. The Labute approximate surface area is 175 Å². The third-order valence-corrected chi connectivity index (χ3v) is 4.62. The number of hydrogen-bond acceptors (Lipinski definition) is 3. The van der Waals surface area contributed by atoms with Gasteiger partial charge < -0.3 is 10.6 Å². The molecule has 3 aromatic rings. The van der Waals surface area contributed by atoms with Gasteiger partial charge in [-0.3, -0.25) is 0 Å². The molecule has 2 N–H and O–H groups in total. The zero-order chi connectivity index (χ0) is 17.3. The first-order valence-electron chi connectivity index (χ1n) is 8.48. The second kappa shape index (κ2) is 11.0. The number of thiophene rings is 1. The van der Waals surface area contributed by atoms with Crippen molar-refractivity contribution < 1.29 is 0 Å². The van der Waals surface area contributed by atoms with Crippen LogP contribution < -0.4 is 10.6 Å². The summed E-state index contributed by atoms with van der Waals surface area (Å²) < 4.78 is 1.86. The molecule has 0 saturated heterocycles. The summed E-state index contributed by atoms with van der Waals surface area (Å²) in [6, 6.07) is 14.5. The Bertz CT molecular complexity index is 784. The summed E-state index contributed by atoms with van der Waals surface area (Å²) in [5.41, 5.74) is 2.21. The molecular weight excluding hydrogens is 457 g/mol. The maximum atomic E-state index is 4.69. The third kappa shape index (κ3) is 6.14. The van der Waals surface area contributed by atoms with E-state index in [2.05, 4.69) is 52.3 Å². The molecule has 5 nitrogen and oxygen atoms in total. The van der Waals surface area contributed by atoms with E-state index in [-0.39, 0.29) is 24.0 Å². The number of hydrogen-bond donors (Lipinski definition) is 2. The molecule has 0 aliphatic carbocycles. The predicted octanol–water partition coefficient (Wildman–Crippen LogP) is 3.85. The van der Waals surface area contributed by atoms with Gasteiger partial charge in [0.05, 0.1) is 12.2 Å². The number of nitrogens with zero attached hydrogens (tertiary/aromatic N) is 3. The Morgan fingerprint density at radius 2 is 2.12 bits per heavy atom. The third-order valence-electron chi connectivity index (χ3n) is 3.69. The highest BCUT2D eigenvalue weighted by molar-refractivity contribution is 14.0. The van der Waals surface area contributed by atoms with Crippen molar-refractivity contribution in [3.63, 3.8) is 0 Å². The van der Waals surface area contributed by atoms with Crippen LogP contribution in [0, 0.1) is 0 Å². The summed E-state index contributed by atoms with van der Waals surface area (Å²) in [5, 5.41) is 13.1. The van der Waals surface area contributed by atoms with Gasteiger partial charge in [0.2, 0.25) is 0 Å². The van der Waals surface area contributed by atoms with Crippen molar-refractivity contribution in [1.29, 1.82) is 0 Å². The molecule has 0 unspecified atom stereocenters. The number of benzene rings is 1. The van der Waals surface area contributed by atoms with Gasteiger partial charge in [0.1, 0.15) is 0 Å². The fourth-order valence-corrected chi connectivity index (χ4v) is 3.20. The molecular formula is C19H24IN5S. The van der Waals surface area contributed by atoms with E-state index >= 15 is 0 Å². The van der Waals surface area contributed by atoms with Crippen LogP contribution in [-0.4, -0.2) is 28.8 Å². The molecule has 2 aromatic heterocycles. The average Bonchev–Trinajstić information content (AvgIpc) is 3.34. The molecule has 0 aliphatic rings. The quantitative estimate of drug-likeness (QED) is 0.306. The van der Waals surface area contributed by atoms with Crippen LogP contribution in [0.2, 0.25) is 0 Å². The van der Waals surface area contributed by atoms with Crippen LogP contribution in [-0.2, 0) is 13.0 Å². The van der Waals surface area contributed by atoms with Gasteiger partial charge in [-0.2, -0.15) is 5.10 Å². The topological polar surface area (TPSA) is 54.2 Å². The minimum atomic E-state index is 0. The molecule has 7 heteroatoms. The van der Waals surface area contributed by atoms with E-state index in [0.717, 1.165) is 36.7 Å². The molecule has 26 heavy (non-hydrogen) atoms. The maximum Gasteiger partial charge on any atom is 0.191 e. The lowest BCUT2D eigenvalue weighted by Crippen LogP contribution is -2.38. The van der Waals surface area contributed by atoms with E-state index in [9.17, 15) is 0 Å². The van der Waals surface area contributed by atoms with Gasteiger partial charge in [0, 0.05) is 30.4 Å². The predicted molar refractivity (Wildman–Crippen MR) is 120 cm³/mol. The highest BCUT2D eigenvalue weighted by Crippen LogP contribution is 2.11. The SMILES string of the molecule is CCNC(=NCc1cccc(-n2cccn2)c1)NCCc1cccs1.I. The Morgan fingerprint density at radius 3 is 2.85 bits per heavy atom. The molecule has 138 valence electrons. The van der Waals surface area contributed by atoms with Crippen molar-refractivity contribution >= 4 is 41.3 Å². The van der Waals surface area contributed by atoms with E-state index < -0.39 is 0 Å². The van der Waals surface area contributed by atoms with Crippen LogP contribution in [0.4, 0.5) is 0 Å². The normalized spacial score (nSPS) is 11.0. The number of rotatable bonds is 7. The van der Waals surface area contributed by atoms with Crippen LogP contribution in [0.1, 0.15) is 17.4 Å². The highest BCUT2D eigenvalue weighted by atomic mass is 127. The average molecular weight is 481 g/mol. The molecule has 0 radical (unpaired) electrons. The lowest BCUT2D eigenvalue weighted by Gasteiger charge is -2.11. The smallest absolute Gasteiger partial charge is 0.191 e. The van der Waals surface area contributed by atoms with Gasteiger partial charge in [-0.25, -0.2) is 9.67 Å². The van der Waals surface area contributed by atoms with Crippen LogP contribution >= 0.6 is 35.3 Å². The van der Waals surface area contributed by atoms with E-state index in [1.807, 2.05) is 29.1 Å². The standard InChI is InChI=1S/C19H23N5S.HI/c1-2-20-19(21-11-9-18-8-4-13-25-18)22-15-16-6-3-7-17(14-16)24-12-5-10-23-24;/h3-8,10,12-14H,2,9,11,15H2,1H3,(H2,20,21,22);1H. The largest absolute Gasteiger partial charge is 0.357 e. The van der Waals surface area contributed by atoms with Crippen molar-refractivity contribution in [3.05, 3.63) is 70.7 Å². The van der Waals surface area contributed by atoms with Crippen LogP contribution in [0.25, 0.3) is 5.69 Å². The van der Waals surface area contributed by atoms with Gasteiger partial charge in [-0.1, -0.05) is 18.2 Å². The number of nitrogens with one attached hydrogen (secondary N) is 2. The molecule has 0 spiro atoms. The lowest BCUT2D eigenvalue weighted by molar-refractivity contribution is 0.804. The number of aromatic nitrogens is 2. The van der Waals surface area contributed by atoms with E-state index in [4.69, 9.17) is 4.99 Å². The van der Waals surface area contributed by atoms with Crippen LogP contribution in [0.5, 0.6) is 0 Å². The molecule has 2 heterocycles. The second-order valence-corrected chi connectivity index (χ2v) is 6.60. The van der Waals surface area contributed by atoms with E-state index in [1.165, 1.54) is 4.88 Å².